The Hall–Kier alpha value is -1.39. The summed E-state index contributed by atoms with van der Waals surface area (Å²) in [6.07, 6.45) is 1.73. The number of aromatic hydroxyl groups is 1. The molecule has 5 heteroatoms. The van der Waals surface area contributed by atoms with Crippen LogP contribution in [0, 0.1) is 0 Å². The minimum atomic E-state index is -0.444. The van der Waals surface area contributed by atoms with Crippen LogP contribution in [-0.2, 0) is 5.54 Å². The number of fused-ring (bicyclic) bond motifs is 1. The topological polar surface area (TPSA) is 72.0 Å². The van der Waals surface area contributed by atoms with E-state index in [1.807, 2.05) is 0 Å². The number of halogens is 1. The van der Waals surface area contributed by atoms with Gasteiger partial charge in [0.15, 0.2) is 5.82 Å². The lowest BCUT2D eigenvalue weighted by molar-refractivity contribution is 0.479. The molecule has 1 aliphatic carbocycles. The number of hydrogen-bond donors (Lipinski definition) is 2. The highest BCUT2D eigenvalue weighted by atomic mass is 35.5. The summed E-state index contributed by atoms with van der Waals surface area (Å²) in [7, 11) is 0. The molecule has 0 saturated heterocycles. The Kier molecular flexibility index (Phi) is 1.87. The fourth-order valence-electron chi connectivity index (χ4n) is 1.68. The average molecular weight is 236 g/mol. The lowest BCUT2D eigenvalue weighted by Crippen LogP contribution is -2.22. The van der Waals surface area contributed by atoms with Gasteiger partial charge in [-0.05, 0) is 25.0 Å². The summed E-state index contributed by atoms with van der Waals surface area (Å²) in [6, 6.07) is 5.06. The van der Waals surface area contributed by atoms with Crippen LogP contribution in [0.5, 0.6) is 5.75 Å². The van der Waals surface area contributed by atoms with Crippen molar-refractivity contribution in [3.63, 3.8) is 0 Å². The first-order valence-electron chi connectivity index (χ1n) is 5.05. The van der Waals surface area contributed by atoms with E-state index in [1.165, 1.54) is 0 Å². The van der Waals surface area contributed by atoms with Crippen LogP contribution < -0.4 is 5.73 Å². The van der Waals surface area contributed by atoms with E-state index in [0.29, 0.717) is 21.9 Å². The number of nitrogens with two attached hydrogens (primary N) is 1. The van der Waals surface area contributed by atoms with Gasteiger partial charge in [0.1, 0.15) is 16.4 Å². The highest BCUT2D eigenvalue weighted by Gasteiger charge is 2.43. The maximum Gasteiger partial charge on any atom is 0.150 e. The van der Waals surface area contributed by atoms with Crippen molar-refractivity contribution in [3.05, 3.63) is 29.2 Å². The summed E-state index contributed by atoms with van der Waals surface area (Å²) >= 11 is 6.05. The second-order valence-electron chi connectivity index (χ2n) is 4.17. The minimum Gasteiger partial charge on any atom is -0.506 e. The second kappa shape index (κ2) is 3.06. The number of para-hydroxylation sites is 1. The van der Waals surface area contributed by atoms with E-state index < -0.39 is 5.54 Å². The summed E-state index contributed by atoms with van der Waals surface area (Å²) in [6.45, 7) is 0. The van der Waals surface area contributed by atoms with E-state index in [-0.39, 0.29) is 5.75 Å². The van der Waals surface area contributed by atoms with Gasteiger partial charge < -0.3 is 10.8 Å². The van der Waals surface area contributed by atoms with Crippen LogP contribution in [0.4, 0.5) is 0 Å². The van der Waals surface area contributed by atoms with Crippen molar-refractivity contribution < 1.29 is 5.11 Å². The Balaban J connectivity index is 2.32. The third-order valence-electron chi connectivity index (χ3n) is 2.89. The van der Waals surface area contributed by atoms with E-state index in [2.05, 4.69) is 9.97 Å². The van der Waals surface area contributed by atoms with Crippen LogP contribution in [0.25, 0.3) is 10.9 Å². The molecular formula is C11H10ClN3O. The number of benzene rings is 1. The van der Waals surface area contributed by atoms with Gasteiger partial charge >= 0.3 is 0 Å². The van der Waals surface area contributed by atoms with Crippen molar-refractivity contribution in [2.24, 2.45) is 5.73 Å². The van der Waals surface area contributed by atoms with E-state index >= 15 is 0 Å². The molecule has 1 fully saturated rings. The van der Waals surface area contributed by atoms with Crippen molar-refractivity contribution in [1.29, 1.82) is 0 Å². The number of aromatic nitrogens is 2. The number of hydrogen-bond acceptors (Lipinski definition) is 4. The average Bonchev–Trinajstić information content (AvgIpc) is 2.99. The fraction of sp³-hybridized carbons (Fsp3) is 0.273. The van der Waals surface area contributed by atoms with Gasteiger partial charge in [-0.2, -0.15) is 0 Å². The zero-order chi connectivity index (χ0) is 11.3. The number of nitrogens with zero attached hydrogens (tertiary/aromatic N) is 2. The molecule has 0 amide bonds. The quantitative estimate of drug-likeness (QED) is 0.741. The largest absolute Gasteiger partial charge is 0.506 e. The molecule has 2 aromatic rings. The summed E-state index contributed by atoms with van der Waals surface area (Å²) < 4.78 is 0. The monoisotopic (exact) mass is 235 g/mol. The third-order valence-corrected chi connectivity index (χ3v) is 3.18. The summed E-state index contributed by atoms with van der Waals surface area (Å²) in [4.78, 5) is 8.49. The van der Waals surface area contributed by atoms with Gasteiger partial charge in [0, 0.05) is 5.39 Å². The maximum absolute atomic E-state index is 9.72. The SMILES string of the molecule is NC1(c2nc(Cl)c3cccc(O)c3n2)CC1. The Labute approximate surface area is 97.1 Å². The zero-order valence-corrected chi connectivity index (χ0v) is 9.20. The van der Waals surface area contributed by atoms with Crippen LogP contribution in [0.2, 0.25) is 5.15 Å². The van der Waals surface area contributed by atoms with E-state index in [0.717, 1.165) is 12.8 Å². The molecule has 0 spiro atoms. The van der Waals surface area contributed by atoms with Crippen LogP contribution in [0.1, 0.15) is 18.7 Å². The molecular weight excluding hydrogens is 226 g/mol. The Morgan fingerprint density at radius 3 is 2.75 bits per heavy atom. The highest BCUT2D eigenvalue weighted by Crippen LogP contribution is 2.42. The Bertz CT molecular complexity index is 581. The molecule has 3 N–H and O–H groups in total. The van der Waals surface area contributed by atoms with E-state index in [1.54, 1.807) is 18.2 Å². The van der Waals surface area contributed by atoms with Gasteiger partial charge in [0.05, 0.1) is 5.54 Å². The molecule has 0 bridgehead atoms. The molecule has 1 aromatic carbocycles. The minimum absolute atomic E-state index is 0.104. The molecule has 1 saturated carbocycles. The fourth-order valence-corrected chi connectivity index (χ4v) is 1.91. The highest BCUT2D eigenvalue weighted by molar-refractivity contribution is 6.34. The standard InChI is InChI=1S/C11H10ClN3O/c12-9-6-2-1-3-7(16)8(6)14-10(15-9)11(13)4-5-11/h1-3,16H,4-5,13H2. The molecule has 1 aromatic heterocycles. The summed E-state index contributed by atoms with van der Waals surface area (Å²) in [5.74, 6) is 0.624. The van der Waals surface area contributed by atoms with Gasteiger partial charge in [0.2, 0.25) is 0 Å². The van der Waals surface area contributed by atoms with Gasteiger partial charge in [-0.25, -0.2) is 9.97 Å². The van der Waals surface area contributed by atoms with E-state index in [9.17, 15) is 5.11 Å². The number of phenols is 1. The predicted molar refractivity (Wildman–Crippen MR) is 61.3 cm³/mol. The lowest BCUT2D eigenvalue weighted by Gasteiger charge is -2.09. The van der Waals surface area contributed by atoms with Crippen LogP contribution in [-0.4, -0.2) is 15.1 Å². The summed E-state index contributed by atoms with van der Waals surface area (Å²) in [5, 5.41) is 10.7. The second-order valence-corrected chi connectivity index (χ2v) is 4.53. The molecule has 16 heavy (non-hydrogen) atoms. The van der Waals surface area contributed by atoms with Crippen molar-refractivity contribution >= 4 is 22.5 Å². The first kappa shape index (κ1) is 9.81. The van der Waals surface area contributed by atoms with Crippen LogP contribution >= 0.6 is 11.6 Å². The Morgan fingerprint density at radius 2 is 2.06 bits per heavy atom. The summed E-state index contributed by atoms with van der Waals surface area (Å²) in [5.41, 5.74) is 6.04. The normalized spacial score (nSPS) is 17.6. The Morgan fingerprint density at radius 1 is 1.31 bits per heavy atom. The molecule has 3 rings (SSSR count). The molecule has 0 aliphatic heterocycles. The first-order chi connectivity index (χ1) is 7.60. The number of rotatable bonds is 1. The lowest BCUT2D eigenvalue weighted by atomic mass is 10.2. The molecule has 0 unspecified atom stereocenters. The first-order valence-corrected chi connectivity index (χ1v) is 5.42. The van der Waals surface area contributed by atoms with Gasteiger partial charge in [-0.3, -0.25) is 0 Å². The molecule has 1 aliphatic rings. The van der Waals surface area contributed by atoms with Gasteiger partial charge in [-0.1, -0.05) is 17.7 Å². The third kappa shape index (κ3) is 1.34. The molecule has 4 nitrogen and oxygen atoms in total. The smallest absolute Gasteiger partial charge is 0.150 e. The van der Waals surface area contributed by atoms with Crippen molar-refractivity contribution in [2.45, 2.75) is 18.4 Å². The maximum atomic E-state index is 9.72. The molecule has 0 atom stereocenters. The van der Waals surface area contributed by atoms with Crippen LogP contribution in [0.3, 0.4) is 0 Å². The van der Waals surface area contributed by atoms with Crippen LogP contribution in [0.15, 0.2) is 18.2 Å². The van der Waals surface area contributed by atoms with Crippen molar-refractivity contribution in [2.75, 3.05) is 0 Å². The molecule has 0 radical (unpaired) electrons. The molecule has 82 valence electrons. The van der Waals surface area contributed by atoms with Gasteiger partial charge in [0.25, 0.3) is 0 Å². The number of phenolic OH excluding ortho intramolecular Hbond substituents is 1. The van der Waals surface area contributed by atoms with E-state index in [4.69, 9.17) is 17.3 Å². The zero-order valence-electron chi connectivity index (χ0n) is 8.44. The molecule has 1 heterocycles. The van der Waals surface area contributed by atoms with Crippen molar-refractivity contribution in [3.8, 4) is 5.75 Å². The predicted octanol–water partition coefficient (Wildman–Crippen LogP) is 1.94. The van der Waals surface area contributed by atoms with Gasteiger partial charge in [-0.15, -0.1) is 0 Å². The van der Waals surface area contributed by atoms with Crippen molar-refractivity contribution in [1.82, 2.24) is 9.97 Å².